The maximum Gasteiger partial charge on any atom is 0.244 e. The Labute approximate surface area is 218 Å². The molecule has 1 atom stereocenters. The molecule has 1 aliphatic rings. The Morgan fingerprint density at radius 2 is 1.75 bits per heavy atom. The molecule has 8 nitrogen and oxygen atoms in total. The standard InChI is InChI=1S/C26H34ClN3O5S/c1-4-24(26(32)28-20-10-6-7-11-20)29(17-19-9-5-8-12-23(19)27)25(31)18-30(36(3,33)34)21-13-15-22(35-2)16-14-21/h5,8-9,12-16,20,24H,4,6-7,10-11,17-18H2,1-3H3,(H,28,32). The van der Waals surface area contributed by atoms with Gasteiger partial charge < -0.3 is 15.0 Å². The second-order valence-corrected chi connectivity index (χ2v) is 11.3. The van der Waals surface area contributed by atoms with E-state index in [0.717, 1.165) is 36.2 Å². The highest BCUT2D eigenvalue weighted by atomic mass is 35.5. The van der Waals surface area contributed by atoms with E-state index in [4.69, 9.17) is 16.3 Å². The number of methoxy groups -OCH3 is 1. The molecule has 1 aliphatic carbocycles. The fourth-order valence-corrected chi connectivity index (χ4v) is 5.50. The summed E-state index contributed by atoms with van der Waals surface area (Å²) in [5, 5.41) is 3.55. The Kier molecular flexibility index (Phi) is 9.62. The van der Waals surface area contributed by atoms with Crippen molar-refractivity contribution in [2.24, 2.45) is 0 Å². The number of carbonyl (C=O) groups excluding carboxylic acids is 2. The zero-order chi connectivity index (χ0) is 26.3. The van der Waals surface area contributed by atoms with Crippen LogP contribution in [0.2, 0.25) is 5.02 Å². The third kappa shape index (κ3) is 7.13. The van der Waals surface area contributed by atoms with Gasteiger partial charge in [0.1, 0.15) is 18.3 Å². The van der Waals surface area contributed by atoms with Gasteiger partial charge in [0.25, 0.3) is 0 Å². The molecule has 0 radical (unpaired) electrons. The van der Waals surface area contributed by atoms with Gasteiger partial charge in [0.2, 0.25) is 21.8 Å². The van der Waals surface area contributed by atoms with Crippen molar-refractivity contribution in [2.45, 2.75) is 57.7 Å². The van der Waals surface area contributed by atoms with Crippen molar-refractivity contribution >= 4 is 39.1 Å². The number of hydrogen-bond donors (Lipinski definition) is 1. The van der Waals surface area contributed by atoms with Gasteiger partial charge in [0.15, 0.2) is 0 Å². The van der Waals surface area contributed by atoms with E-state index in [1.54, 1.807) is 42.5 Å². The van der Waals surface area contributed by atoms with Gasteiger partial charge in [-0.2, -0.15) is 0 Å². The molecular formula is C26H34ClN3O5S. The van der Waals surface area contributed by atoms with Crippen LogP contribution in [0.25, 0.3) is 0 Å². The van der Waals surface area contributed by atoms with Gasteiger partial charge in [-0.25, -0.2) is 8.42 Å². The normalized spacial score (nSPS) is 14.8. The lowest BCUT2D eigenvalue weighted by Gasteiger charge is -2.33. The van der Waals surface area contributed by atoms with Crippen molar-refractivity contribution in [2.75, 3.05) is 24.2 Å². The second-order valence-electron chi connectivity index (χ2n) is 8.99. The Bertz CT molecular complexity index is 1150. The summed E-state index contributed by atoms with van der Waals surface area (Å²) < 4.78 is 31.6. The van der Waals surface area contributed by atoms with Crippen LogP contribution in [0.15, 0.2) is 48.5 Å². The molecule has 0 heterocycles. The lowest BCUT2D eigenvalue weighted by atomic mass is 10.1. The van der Waals surface area contributed by atoms with Gasteiger partial charge >= 0.3 is 0 Å². The molecule has 1 fully saturated rings. The first-order chi connectivity index (χ1) is 17.1. The summed E-state index contributed by atoms with van der Waals surface area (Å²) >= 11 is 6.38. The first-order valence-corrected chi connectivity index (χ1v) is 14.3. The number of amides is 2. The first kappa shape index (κ1) is 27.8. The minimum atomic E-state index is -3.80. The van der Waals surface area contributed by atoms with E-state index in [0.29, 0.717) is 28.4 Å². The summed E-state index contributed by atoms with van der Waals surface area (Å²) in [7, 11) is -2.29. The summed E-state index contributed by atoms with van der Waals surface area (Å²) in [6, 6.07) is 12.8. The van der Waals surface area contributed by atoms with Crippen molar-refractivity contribution in [3.8, 4) is 5.75 Å². The molecule has 1 saturated carbocycles. The van der Waals surface area contributed by atoms with Crippen LogP contribution in [-0.4, -0.2) is 57.1 Å². The Hall–Kier alpha value is -2.78. The number of carbonyl (C=O) groups is 2. The Morgan fingerprint density at radius 3 is 2.31 bits per heavy atom. The van der Waals surface area contributed by atoms with E-state index in [2.05, 4.69) is 5.32 Å². The fraction of sp³-hybridized carbons (Fsp3) is 0.462. The smallest absolute Gasteiger partial charge is 0.244 e. The molecule has 0 bridgehead atoms. The first-order valence-electron chi connectivity index (χ1n) is 12.1. The van der Waals surface area contributed by atoms with Crippen LogP contribution in [0.1, 0.15) is 44.6 Å². The molecule has 2 amide bonds. The third-order valence-electron chi connectivity index (χ3n) is 6.43. The number of hydrogen-bond acceptors (Lipinski definition) is 5. The number of ether oxygens (including phenoxy) is 1. The van der Waals surface area contributed by atoms with Crippen LogP contribution < -0.4 is 14.4 Å². The van der Waals surface area contributed by atoms with Gasteiger partial charge in [-0.1, -0.05) is 49.6 Å². The largest absolute Gasteiger partial charge is 0.497 e. The highest BCUT2D eigenvalue weighted by molar-refractivity contribution is 7.92. The number of nitrogens with one attached hydrogen (secondary N) is 1. The molecule has 2 aromatic rings. The summed E-state index contributed by atoms with van der Waals surface area (Å²) in [5.74, 6) is -0.168. The zero-order valence-corrected chi connectivity index (χ0v) is 22.5. The molecule has 1 unspecified atom stereocenters. The zero-order valence-electron chi connectivity index (χ0n) is 20.9. The fourth-order valence-electron chi connectivity index (χ4n) is 4.46. The number of anilines is 1. The van der Waals surface area contributed by atoms with E-state index in [1.807, 2.05) is 13.0 Å². The van der Waals surface area contributed by atoms with Crippen LogP contribution >= 0.6 is 11.6 Å². The van der Waals surface area contributed by atoms with Crippen LogP contribution in [-0.2, 0) is 26.2 Å². The van der Waals surface area contributed by atoms with Crippen LogP contribution in [0.5, 0.6) is 5.75 Å². The van der Waals surface area contributed by atoms with E-state index < -0.39 is 28.5 Å². The van der Waals surface area contributed by atoms with Crippen molar-refractivity contribution in [3.05, 3.63) is 59.1 Å². The monoisotopic (exact) mass is 535 g/mol. The van der Waals surface area contributed by atoms with Crippen molar-refractivity contribution in [1.82, 2.24) is 10.2 Å². The topological polar surface area (TPSA) is 96.0 Å². The molecule has 0 spiro atoms. The lowest BCUT2D eigenvalue weighted by molar-refractivity contribution is -0.140. The molecule has 0 aliphatic heterocycles. The predicted octanol–water partition coefficient (Wildman–Crippen LogP) is 3.98. The van der Waals surface area contributed by atoms with Gasteiger partial charge in [0, 0.05) is 17.6 Å². The van der Waals surface area contributed by atoms with Crippen LogP contribution in [0.4, 0.5) is 5.69 Å². The average molecular weight is 536 g/mol. The molecule has 10 heteroatoms. The maximum atomic E-state index is 13.7. The minimum absolute atomic E-state index is 0.0787. The quantitative estimate of drug-likeness (QED) is 0.469. The number of halogens is 1. The van der Waals surface area contributed by atoms with E-state index >= 15 is 0 Å². The molecule has 1 N–H and O–H groups in total. The number of rotatable bonds is 11. The number of sulfonamides is 1. The lowest BCUT2D eigenvalue weighted by Crippen LogP contribution is -2.53. The summed E-state index contributed by atoms with van der Waals surface area (Å²) in [6.07, 6.45) is 5.38. The van der Waals surface area contributed by atoms with Gasteiger partial charge in [-0.15, -0.1) is 0 Å². The molecule has 0 saturated heterocycles. The Balaban J connectivity index is 1.92. The molecule has 3 rings (SSSR count). The number of nitrogens with zero attached hydrogens (tertiary/aromatic N) is 2. The van der Waals surface area contributed by atoms with Crippen molar-refractivity contribution in [1.29, 1.82) is 0 Å². The SMILES string of the molecule is CCC(C(=O)NC1CCCC1)N(Cc1ccccc1Cl)C(=O)CN(c1ccc(OC)cc1)S(C)(=O)=O. The van der Waals surface area contributed by atoms with Gasteiger partial charge in [0.05, 0.1) is 19.1 Å². The molecule has 0 aromatic heterocycles. The molecule has 196 valence electrons. The summed E-state index contributed by atoms with van der Waals surface area (Å²) in [4.78, 5) is 28.5. The maximum absolute atomic E-state index is 13.7. The van der Waals surface area contributed by atoms with E-state index in [1.165, 1.54) is 12.0 Å². The van der Waals surface area contributed by atoms with Crippen LogP contribution in [0, 0.1) is 0 Å². The number of benzene rings is 2. The minimum Gasteiger partial charge on any atom is -0.497 e. The highest BCUT2D eigenvalue weighted by Gasteiger charge is 2.33. The van der Waals surface area contributed by atoms with Crippen molar-refractivity contribution < 1.29 is 22.7 Å². The molecule has 36 heavy (non-hydrogen) atoms. The third-order valence-corrected chi connectivity index (χ3v) is 7.93. The summed E-state index contributed by atoms with van der Waals surface area (Å²) in [5.41, 5.74) is 1.00. The molecule has 2 aromatic carbocycles. The van der Waals surface area contributed by atoms with E-state index in [9.17, 15) is 18.0 Å². The average Bonchev–Trinajstić information content (AvgIpc) is 3.36. The van der Waals surface area contributed by atoms with Crippen LogP contribution in [0.3, 0.4) is 0 Å². The van der Waals surface area contributed by atoms with E-state index in [-0.39, 0.29) is 18.5 Å². The Morgan fingerprint density at radius 1 is 1.11 bits per heavy atom. The van der Waals surface area contributed by atoms with Gasteiger partial charge in [-0.3, -0.25) is 13.9 Å². The highest BCUT2D eigenvalue weighted by Crippen LogP contribution is 2.24. The second kappa shape index (κ2) is 12.5. The van der Waals surface area contributed by atoms with Gasteiger partial charge in [-0.05, 0) is 55.2 Å². The summed E-state index contributed by atoms with van der Waals surface area (Å²) in [6.45, 7) is 1.46. The predicted molar refractivity (Wildman–Crippen MR) is 142 cm³/mol. The molecular weight excluding hydrogens is 502 g/mol. The van der Waals surface area contributed by atoms with Crippen molar-refractivity contribution in [3.63, 3.8) is 0 Å².